The smallest absolute Gasteiger partial charge is 0.237 e. The number of nitrogens with zero attached hydrogens (tertiary/aromatic N) is 3. The van der Waals surface area contributed by atoms with Crippen LogP contribution in [0.2, 0.25) is 0 Å². The van der Waals surface area contributed by atoms with Crippen molar-refractivity contribution in [2.24, 2.45) is 0 Å². The van der Waals surface area contributed by atoms with Crippen LogP contribution in [0.15, 0.2) is 90.1 Å². The molecule has 0 aliphatic heterocycles. The van der Waals surface area contributed by atoms with Gasteiger partial charge in [0.05, 0.1) is 5.25 Å². The quantitative estimate of drug-likeness (QED) is 0.298. The lowest BCUT2D eigenvalue weighted by Crippen LogP contribution is -2.25. The van der Waals surface area contributed by atoms with Gasteiger partial charge in [0.15, 0.2) is 28.7 Å². The van der Waals surface area contributed by atoms with Crippen molar-refractivity contribution in [3.63, 3.8) is 0 Å². The van der Waals surface area contributed by atoms with E-state index in [2.05, 4.69) is 15.5 Å². The summed E-state index contributed by atoms with van der Waals surface area (Å²) in [6, 6.07) is 25.2. The van der Waals surface area contributed by atoms with Gasteiger partial charge >= 0.3 is 0 Å². The summed E-state index contributed by atoms with van der Waals surface area (Å²) in [6.07, 6.45) is 0.0129. The number of hydrogen-bond donors (Lipinski definition) is 1. The molecular formula is C26H25FN4O2S. The molecule has 0 fully saturated rings. The van der Waals surface area contributed by atoms with E-state index in [1.54, 1.807) is 25.1 Å². The lowest BCUT2D eigenvalue weighted by molar-refractivity contribution is -0.115. The lowest BCUT2D eigenvalue weighted by atomic mass is 10.3. The summed E-state index contributed by atoms with van der Waals surface area (Å²) in [5.41, 5.74) is 1.57. The molecule has 0 saturated carbocycles. The maximum Gasteiger partial charge on any atom is 0.237 e. The van der Waals surface area contributed by atoms with Crippen LogP contribution in [-0.4, -0.2) is 25.9 Å². The predicted molar refractivity (Wildman–Crippen MR) is 132 cm³/mol. The number of nitrogens with one attached hydrogen (secondary N) is 1. The fourth-order valence-corrected chi connectivity index (χ4v) is 4.40. The maximum atomic E-state index is 14.2. The largest absolute Gasteiger partial charge is 0.480 e. The van der Waals surface area contributed by atoms with Gasteiger partial charge in [-0.25, -0.2) is 4.39 Å². The topological polar surface area (TPSA) is 69.0 Å². The van der Waals surface area contributed by atoms with Crippen LogP contribution in [0, 0.1) is 5.82 Å². The van der Waals surface area contributed by atoms with Gasteiger partial charge in [0.2, 0.25) is 5.91 Å². The Morgan fingerprint density at radius 2 is 1.65 bits per heavy atom. The fraction of sp³-hybridized carbons (Fsp3) is 0.192. The molecule has 0 spiro atoms. The minimum atomic E-state index is -0.586. The summed E-state index contributed by atoms with van der Waals surface area (Å²) in [7, 11) is 0. The highest BCUT2D eigenvalue weighted by Gasteiger charge is 2.26. The van der Waals surface area contributed by atoms with E-state index in [4.69, 9.17) is 4.74 Å². The molecule has 4 aromatic rings. The lowest BCUT2D eigenvalue weighted by Gasteiger charge is -2.18. The van der Waals surface area contributed by atoms with Crippen molar-refractivity contribution < 1.29 is 13.9 Å². The van der Waals surface area contributed by atoms with Crippen molar-refractivity contribution in [2.75, 3.05) is 5.32 Å². The van der Waals surface area contributed by atoms with E-state index in [9.17, 15) is 9.18 Å². The maximum absolute atomic E-state index is 14.2. The minimum Gasteiger partial charge on any atom is -0.480 e. The van der Waals surface area contributed by atoms with Crippen LogP contribution in [0.25, 0.3) is 5.69 Å². The molecule has 1 amide bonds. The van der Waals surface area contributed by atoms with Gasteiger partial charge in [-0.1, -0.05) is 67.2 Å². The van der Waals surface area contributed by atoms with Crippen LogP contribution < -0.4 is 10.1 Å². The van der Waals surface area contributed by atoms with Crippen LogP contribution >= 0.6 is 11.8 Å². The van der Waals surface area contributed by atoms with Crippen LogP contribution in [0.1, 0.15) is 32.2 Å². The van der Waals surface area contributed by atoms with Crippen molar-refractivity contribution in [1.29, 1.82) is 0 Å². The highest BCUT2D eigenvalue weighted by molar-refractivity contribution is 8.00. The molecule has 1 heterocycles. The molecule has 0 saturated heterocycles. The van der Waals surface area contributed by atoms with E-state index in [-0.39, 0.29) is 16.9 Å². The standard InChI is InChI=1S/C26H25FN4O2S/c1-3-23(25(32)28-19-12-6-4-7-13-19)34-26-30-29-24(31(26)20-14-8-5-9-15-20)18(2)33-22-17-11-10-16-21(22)27/h4-18,23H,3H2,1-2H3,(H,28,32). The van der Waals surface area contributed by atoms with Crippen LogP contribution in [0.4, 0.5) is 10.1 Å². The molecule has 0 bridgehead atoms. The van der Waals surface area contributed by atoms with Crippen LogP contribution in [0.3, 0.4) is 0 Å². The van der Waals surface area contributed by atoms with Gasteiger partial charge in [0.1, 0.15) is 0 Å². The Hall–Kier alpha value is -3.65. The molecule has 8 heteroatoms. The summed E-state index contributed by atoms with van der Waals surface area (Å²) in [4.78, 5) is 13.0. The normalized spacial score (nSPS) is 12.7. The van der Waals surface area contributed by atoms with Gasteiger partial charge in [-0.3, -0.25) is 9.36 Å². The summed E-state index contributed by atoms with van der Waals surface area (Å²) in [6.45, 7) is 3.75. The van der Waals surface area contributed by atoms with Gasteiger partial charge in [-0.05, 0) is 49.7 Å². The first-order valence-electron chi connectivity index (χ1n) is 11.0. The van der Waals surface area contributed by atoms with Gasteiger partial charge in [-0.15, -0.1) is 10.2 Å². The van der Waals surface area contributed by atoms with E-state index in [1.165, 1.54) is 17.8 Å². The van der Waals surface area contributed by atoms with Crippen molar-refractivity contribution in [2.45, 2.75) is 36.8 Å². The molecule has 2 unspecified atom stereocenters. The van der Waals surface area contributed by atoms with Gasteiger partial charge in [0.25, 0.3) is 0 Å². The zero-order valence-electron chi connectivity index (χ0n) is 18.9. The molecule has 0 aliphatic rings. The number of anilines is 1. The Kier molecular flexibility index (Phi) is 7.59. The molecule has 0 aliphatic carbocycles. The van der Waals surface area contributed by atoms with Crippen LogP contribution in [0.5, 0.6) is 5.75 Å². The fourth-order valence-electron chi connectivity index (χ4n) is 3.42. The van der Waals surface area contributed by atoms with E-state index < -0.39 is 11.9 Å². The third kappa shape index (κ3) is 5.46. The van der Waals surface area contributed by atoms with Crippen molar-refractivity contribution in [3.05, 3.63) is 96.6 Å². The van der Waals surface area contributed by atoms with Crippen molar-refractivity contribution in [1.82, 2.24) is 14.8 Å². The Bertz CT molecular complexity index is 1230. The second-order valence-electron chi connectivity index (χ2n) is 7.57. The second kappa shape index (κ2) is 11.0. The molecule has 3 aromatic carbocycles. The molecule has 34 heavy (non-hydrogen) atoms. The van der Waals surface area contributed by atoms with Crippen LogP contribution in [-0.2, 0) is 4.79 Å². The number of benzene rings is 3. The molecule has 1 N–H and O–H groups in total. The SMILES string of the molecule is CCC(Sc1nnc(C(C)Oc2ccccc2F)n1-c1ccccc1)C(=O)Nc1ccccc1. The van der Waals surface area contributed by atoms with Crippen molar-refractivity contribution >= 4 is 23.4 Å². The highest BCUT2D eigenvalue weighted by Crippen LogP contribution is 2.31. The number of para-hydroxylation sites is 3. The Labute approximate surface area is 202 Å². The van der Waals surface area contributed by atoms with E-state index in [0.29, 0.717) is 17.4 Å². The number of carbonyl (C=O) groups is 1. The summed E-state index contributed by atoms with van der Waals surface area (Å²) >= 11 is 1.33. The molecular weight excluding hydrogens is 451 g/mol. The first-order chi connectivity index (χ1) is 16.6. The van der Waals surface area contributed by atoms with Gasteiger partial charge in [0, 0.05) is 11.4 Å². The average Bonchev–Trinajstić information content (AvgIpc) is 3.29. The number of ether oxygens (including phenoxy) is 1. The van der Waals surface area contributed by atoms with E-state index in [1.807, 2.05) is 72.2 Å². The number of halogens is 1. The highest BCUT2D eigenvalue weighted by atomic mass is 32.2. The van der Waals surface area contributed by atoms with E-state index >= 15 is 0 Å². The summed E-state index contributed by atoms with van der Waals surface area (Å²) in [5.74, 6) is 0.0904. The Morgan fingerprint density at radius 3 is 2.32 bits per heavy atom. The number of carbonyl (C=O) groups excluding carboxylic acids is 1. The number of hydrogen-bond acceptors (Lipinski definition) is 5. The predicted octanol–water partition coefficient (Wildman–Crippen LogP) is 6.06. The first kappa shape index (κ1) is 23.5. The van der Waals surface area contributed by atoms with Gasteiger partial charge in [-0.2, -0.15) is 0 Å². The minimum absolute atomic E-state index is 0.112. The first-order valence-corrected chi connectivity index (χ1v) is 11.9. The molecule has 1 aromatic heterocycles. The monoisotopic (exact) mass is 476 g/mol. The number of thioether (sulfide) groups is 1. The molecule has 0 radical (unpaired) electrons. The molecule has 174 valence electrons. The Balaban J connectivity index is 1.62. The average molecular weight is 477 g/mol. The molecule has 2 atom stereocenters. The van der Waals surface area contributed by atoms with E-state index in [0.717, 1.165) is 11.4 Å². The molecule has 4 rings (SSSR count). The Morgan fingerprint density at radius 1 is 1.00 bits per heavy atom. The number of aromatic nitrogens is 3. The third-order valence-electron chi connectivity index (χ3n) is 5.13. The third-order valence-corrected chi connectivity index (χ3v) is 6.44. The number of amides is 1. The zero-order valence-corrected chi connectivity index (χ0v) is 19.7. The summed E-state index contributed by atoms with van der Waals surface area (Å²) in [5, 5.41) is 11.9. The number of rotatable bonds is 9. The molecule has 6 nitrogen and oxygen atoms in total. The van der Waals surface area contributed by atoms with Crippen molar-refractivity contribution in [3.8, 4) is 11.4 Å². The summed E-state index contributed by atoms with van der Waals surface area (Å²) < 4.78 is 21.9. The second-order valence-corrected chi connectivity index (χ2v) is 8.74. The zero-order chi connectivity index (χ0) is 23.9. The van der Waals surface area contributed by atoms with Gasteiger partial charge < -0.3 is 10.1 Å².